The van der Waals surface area contributed by atoms with Crippen LogP contribution in [0.5, 0.6) is 0 Å². The lowest BCUT2D eigenvalue weighted by Gasteiger charge is -2.24. The van der Waals surface area contributed by atoms with Crippen molar-refractivity contribution < 1.29 is 13.2 Å². The van der Waals surface area contributed by atoms with Gasteiger partial charge in [-0.05, 0) is 28.7 Å². The summed E-state index contributed by atoms with van der Waals surface area (Å²) < 4.78 is 39.7. The van der Waals surface area contributed by atoms with Crippen LogP contribution in [0.1, 0.15) is 31.9 Å². The van der Waals surface area contributed by atoms with Crippen LogP contribution in [0.2, 0.25) is 0 Å². The first-order valence-corrected chi connectivity index (χ1v) is 6.55. The zero-order valence-electron chi connectivity index (χ0n) is 12.1. The molecule has 1 aromatic heterocycles. The largest absolute Gasteiger partial charge is 0.416 e. The summed E-state index contributed by atoms with van der Waals surface area (Å²) in [5, 5.41) is 0. The van der Waals surface area contributed by atoms with E-state index in [-0.39, 0.29) is 5.41 Å². The number of hydrogen-bond acceptors (Lipinski definition) is 1. The molecule has 0 aliphatic rings. The molecule has 112 valence electrons. The van der Waals surface area contributed by atoms with Gasteiger partial charge < -0.3 is 4.57 Å². The molecule has 0 fully saturated rings. The second-order valence-corrected chi connectivity index (χ2v) is 5.88. The fourth-order valence-electron chi connectivity index (χ4n) is 2.03. The van der Waals surface area contributed by atoms with Gasteiger partial charge in [-0.3, -0.25) is 0 Å². The molecular weight excluding hydrogens is 277 g/mol. The summed E-state index contributed by atoms with van der Waals surface area (Å²) in [5.74, 6) is 0. The maximum absolute atomic E-state index is 12.6. The Bertz CT molecular complexity index is 615. The molecule has 0 unspecified atom stereocenters. The van der Waals surface area contributed by atoms with E-state index in [9.17, 15) is 13.2 Å². The molecule has 2 rings (SSSR count). The Morgan fingerprint density at radius 3 is 2.14 bits per heavy atom. The molecule has 0 radical (unpaired) electrons. The van der Waals surface area contributed by atoms with Gasteiger partial charge in [-0.15, -0.1) is 0 Å². The number of imidazole rings is 1. The Morgan fingerprint density at radius 1 is 1.10 bits per heavy atom. The van der Waals surface area contributed by atoms with E-state index in [0.717, 1.165) is 23.3 Å². The van der Waals surface area contributed by atoms with Gasteiger partial charge in [0.1, 0.15) is 0 Å². The molecule has 0 amide bonds. The Labute approximate surface area is 121 Å². The molecule has 5 heteroatoms. The summed E-state index contributed by atoms with van der Waals surface area (Å²) in [6, 6.07) is 5.25. The van der Waals surface area contributed by atoms with Crippen molar-refractivity contribution in [2.45, 2.75) is 26.9 Å². The van der Waals surface area contributed by atoms with Crippen LogP contribution < -0.4 is 0 Å². The fraction of sp³-hybridized carbons (Fsp3) is 0.312. The van der Waals surface area contributed by atoms with Crippen LogP contribution in [0.25, 0.3) is 11.8 Å². The van der Waals surface area contributed by atoms with E-state index in [1.807, 2.05) is 27.0 Å². The standard InChI is InChI=1S/C16H17F3N2/c1-15(2,3)14(10-21-9-8-20-11-21)12-4-6-13(7-5-12)16(17,18)19/h4-11H,1-3H3/b14-10-. The normalized spacial score (nSPS) is 13.5. The predicted octanol–water partition coefficient (Wildman–Crippen LogP) is 4.95. The first-order chi connectivity index (χ1) is 9.68. The zero-order valence-corrected chi connectivity index (χ0v) is 12.1. The van der Waals surface area contributed by atoms with Crippen LogP contribution in [-0.2, 0) is 6.18 Å². The molecule has 0 aliphatic carbocycles. The minimum atomic E-state index is -4.31. The average molecular weight is 294 g/mol. The Morgan fingerprint density at radius 2 is 1.71 bits per heavy atom. The predicted molar refractivity (Wildman–Crippen MR) is 77.3 cm³/mol. The van der Waals surface area contributed by atoms with Crippen molar-refractivity contribution in [2.75, 3.05) is 0 Å². The average Bonchev–Trinajstić information content (AvgIpc) is 2.86. The van der Waals surface area contributed by atoms with Gasteiger partial charge in [0.2, 0.25) is 0 Å². The van der Waals surface area contributed by atoms with Gasteiger partial charge in [0, 0.05) is 18.6 Å². The highest BCUT2D eigenvalue weighted by atomic mass is 19.4. The van der Waals surface area contributed by atoms with Crippen molar-refractivity contribution >= 4 is 11.8 Å². The van der Waals surface area contributed by atoms with Crippen LogP contribution in [0.15, 0.2) is 43.0 Å². The van der Waals surface area contributed by atoms with E-state index in [1.54, 1.807) is 23.3 Å². The highest BCUT2D eigenvalue weighted by molar-refractivity contribution is 5.78. The van der Waals surface area contributed by atoms with Crippen LogP contribution in [-0.4, -0.2) is 9.55 Å². The van der Waals surface area contributed by atoms with Gasteiger partial charge in [0.05, 0.1) is 11.9 Å². The topological polar surface area (TPSA) is 17.8 Å². The van der Waals surface area contributed by atoms with Crippen LogP contribution >= 0.6 is 0 Å². The number of rotatable bonds is 2. The smallest absolute Gasteiger partial charge is 0.313 e. The molecule has 21 heavy (non-hydrogen) atoms. The van der Waals surface area contributed by atoms with Crippen LogP contribution in [0, 0.1) is 5.41 Å². The summed E-state index contributed by atoms with van der Waals surface area (Å²) in [6.07, 6.45) is 2.67. The quantitative estimate of drug-likeness (QED) is 0.766. The van der Waals surface area contributed by atoms with Gasteiger partial charge in [0.15, 0.2) is 0 Å². The molecule has 0 saturated heterocycles. The van der Waals surface area contributed by atoms with Gasteiger partial charge in [-0.1, -0.05) is 32.9 Å². The Balaban J connectivity index is 2.44. The van der Waals surface area contributed by atoms with Crippen LogP contribution in [0.3, 0.4) is 0 Å². The summed E-state index contributed by atoms with van der Waals surface area (Å²) in [4.78, 5) is 3.97. The van der Waals surface area contributed by atoms with Gasteiger partial charge in [-0.2, -0.15) is 13.2 Å². The van der Waals surface area contributed by atoms with Gasteiger partial charge in [-0.25, -0.2) is 4.98 Å². The summed E-state index contributed by atoms with van der Waals surface area (Å²) in [5.41, 5.74) is 0.866. The number of hydrogen-bond donors (Lipinski definition) is 0. The minimum Gasteiger partial charge on any atom is -0.313 e. The van der Waals surface area contributed by atoms with E-state index >= 15 is 0 Å². The van der Waals surface area contributed by atoms with Gasteiger partial charge >= 0.3 is 6.18 Å². The molecule has 1 heterocycles. The van der Waals surface area contributed by atoms with Crippen LogP contribution in [0.4, 0.5) is 13.2 Å². The van der Waals surface area contributed by atoms with Gasteiger partial charge in [0.25, 0.3) is 0 Å². The highest BCUT2D eigenvalue weighted by Gasteiger charge is 2.30. The van der Waals surface area contributed by atoms with Crippen molar-refractivity contribution in [3.05, 3.63) is 54.1 Å². The first-order valence-electron chi connectivity index (χ1n) is 6.55. The molecule has 2 aromatic rings. The van der Waals surface area contributed by atoms with Crippen molar-refractivity contribution in [3.8, 4) is 0 Å². The third-order valence-electron chi connectivity index (χ3n) is 3.13. The summed E-state index contributed by atoms with van der Waals surface area (Å²) in [6.45, 7) is 6.06. The molecule has 2 nitrogen and oxygen atoms in total. The van der Waals surface area contributed by atoms with E-state index in [1.165, 1.54) is 12.1 Å². The van der Waals surface area contributed by atoms with Crippen molar-refractivity contribution in [2.24, 2.45) is 5.41 Å². The van der Waals surface area contributed by atoms with E-state index in [2.05, 4.69) is 4.98 Å². The maximum Gasteiger partial charge on any atom is 0.416 e. The van der Waals surface area contributed by atoms with E-state index in [0.29, 0.717) is 0 Å². The molecule has 0 aliphatic heterocycles. The van der Waals surface area contributed by atoms with Crippen molar-refractivity contribution in [3.63, 3.8) is 0 Å². The van der Waals surface area contributed by atoms with E-state index in [4.69, 9.17) is 0 Å². The SMILES string of the molecule is CC(C)(C)/C(=C\n1ccnc1)c1ccc(C(F)(F)F)cc1. The number of halogens is 3. The molecular formula is C16H17F3N2. The lowest BCUT2D eigenvalue weighted by atomic mass is 9.82. The number of nitrogens with zero attached hydrogens (tertiary/aromatic N) is 2. The minimum absolute atomic E-state index is 0.204. The van der Waals surface area contributed by atoms with Crippen molar-refractivity contribution in [1.29, 1.82) is 0 Å². The fourth-order valence-corrected chi connectivity index (χ4v) is 2.03. The lowest BCUT2D eigenvalue weighted by Crippen LogP contribution is -2.10. The highest BCUT2D eigenvalue weighted by Crippen LogP contribution is 2.36. The molecule has 0 bridgehead atoms. The third kappa shape index (κ3) is 3.74. The lowest BCUT2D eigenvalue weighted by molar-refractivity contribution is -0.137. The molecule has 0 N–H and O–H groups in total. The second-order valence-electron chi connectivity index (χ2n) is 5.88. The first kappa shape index (κ1) is 15.4. The number of aromatic nitrogens is 2. The number of alkyl halides is 3. The molecule has 1 aromatic carbocycles. The zero-order chi connectivity index (χ0) is 15.7. The Kier molecular flexibility index (Phi) is 3.94. The molecule has 0 atom stereocenters. The maximum atomic E-state index is 12.6. The molecule has 0 saturated carbocycles. The van der Waals surface area contributed by atoms with Crippen molar-refractivity contribution in [1.82, 2.24) is 9.55 Å². The Hall–Kier alpha value is -2.04. The molecule has 0 spiro atoms. The summed E-state index contributed by atoms with van der Waals surface area (Å²) in [7, 11) is 0. The number of allylic oxidation sites excluding steroid dienone is 1. The second kappa shape index (κ2) is 5.39. The third-order valence-corrected chi connectivity index (χ3v) is 3.13. The number of benzene rings is 1. The monoisotopic (exact) mass is 294 g/mol. The van der Waals surface area contributed by atoms with E-state index < -0.39 is 11.7 Å². The summed E-state index contributed by atoms with van der Waals surface area (Å²) >= 11 is 0.